The topological polar surface area (TPSA) is 87.9 Å². The summed E-state index contributed by atoms with van der Waals surface area (Å²) < 4.78 is 15.1. The van der Waals surface area contributed by atoms with Crippen LogP contribution in [-0.2, 0) is 9.47 Å². The number of esters is 1. The van der Waals surface area contributed by atoms with Gasteiger partial charge in [0, 0.05) is 19.2 Å². The molecule has 0 aliphatic heterocycles. The molecule has 1 aromatic carbocycles. The van der Waals surface area contributed by atoms with Crippen molar-refractivity contribution in [2.75, 3.05) is 27.4 Å². The molecule has 7 nitrogen and oxygen atoms in total. The first-order chi connectivity index (χ1) is 9.01. The number of nitrogens with zero attached hydrogens (tertiary/aromatic N) is 1. The molecule has 0 amide bonds. The molecule has 104 valence electrons. The van der Waals surface area contributed by atoms with Gasteiger partial charge in [-0.2, -0.15) is 0 Å². The lowest BCUT2D eigenvalue weighted by Gasteiger charge is -2.09. The van der Waals surface area contributed by atoms with Gasteiger partial charge in [-0.3, -0.25) is 10.1 Å². The van der Waals surface area contributed by atoms with Gasteiger partial charge in [0.2, 0.25) is 0 Å². The first kappa shape index (κ1) is 15.4. The van der Waals surface area contributed by atoms with Crippen molar-refractivity contribution in [2.45, 2.75) is 0 Å². The summed E-state index contributed by atoms with van der Waals surface area (Å²) in [5.41, 5.74) is -0.513. The first-order valence-electron chi connectivity index (χ1n) is 5.19. The zero-order valence-electron chi connectivity index (χ0n) is 10.3. The molecular weight excluding hydrogens is 322 g/mol. The second-order valence-corrected chi connectivity index (χ2v) is 4.24. The van der Waals surface area contributed by atoms with Crippen molar-refractivity contribution < 1.29 is 23.9 Å². The zero-order chi connectivity index (χ0) is 14.4. The quantitative estimate of drug-likeness (QED) is 0.343. The average Bonchev–Trinajstić information content (AvgIpc) is 2.39. The van der Waals surface area contributed by atoms with Gasteiger partial charge < -0.3 is 14.2 Å². The molecule has 1 rings (SSSR count). The summed E-state index contributed by atoms with van der Waals surface area (Å²) in [6.07, 6.45) is 0. The van der Waals surface area contributed by atoms with Crippen molar-refractivity contribution in [3.8, 4) is 5.75 Å². The lowest BCUT2D eigenvalue weighted by molar-refractivity contribution is -0.385. The second-order valence-electron chi connectivity index (χ2n) is 3.39. The largest absolute Gasteiger partial charge is 0.490 e. The molecule has 19 heavy (non-hydrogen) atoms. The van der Waals surface area contributed by atoms with Crippen LogP contribution < -0.4 is 4.74 Å². The van der Waals surface area contributed by atoms with Crippen LogP contribution in [0.4, 0.5) is 5.69 Å². The molecule has 0 fully saturated rings. The zero-order valence-corrected chi connectivity index (χ0v) is 11.9. The van der Waals surface area contributed by atoms with Crippen molar-refractivity contribution >= 4 is 27.6 Å². The number of nitro groups is 1. The number of carbonyl (C=O) groups is 1. The molecule has 0 aromatic heterocycles. The summed E-state index contributed by atoms with van der Waals surface area (Å²) in [6, 6.07) is 2.47. The highest BCUT2D eigenvalue weighted by molar-refractivity contribution is 9.10. The highest BCUT2D eigenvalue weighted by Crippen LogP contribution is 2.33. The first-order valence-corrected chi connectivity index (χ1v) is 5.98. The molecule has 0 saturated heterocycles. The van der Waals surface area contributed by atoms with E-state index in [0.717, 1.165) is 7.11 Å². The molecule has 0 radical (unpaired) electrons. The number of benzene rings is 1. The van der Waals surface area contributed by atoms with E-state index in [2.05, 4.69) is 20.7 Å². The van der Waals surface area contributed by atoms with Gasteiger partial charge in [0.25, 0.3) is 5.69 Å². The Morgan fingerprint density at radius 3 is 2.58 bits per heavy atom. The number of hydrogen-bond acceptors (Lipinski definition) is 6. The molecule has 0 aliphatic carbocycles. The van der Waals surface area contributed by atoms with E-state index in [1.165, 1.54) is 19.2 Å². The molecule has 0 aliphatic rings. The number of rotatable bonds is 6. The Balaban J connectivity index is 3.14. The normalized spacial score (nSPS) is 10.1. The maximum atomic E-state index is 11.5. The fourth-order valence-electron chi connectivity index (χ4n) is 1.31. The second kappa shape index (κ2) is 7.05. The van der Waals surface area contributed by atoms with E-state index < -0.39 is 10.9 Å². The van der Waals surface area contributed by atoms with E-state index >= 15 is 0 Å². The van der Waals surface area contributed by atoms with Gasteiger partial charge in [-0.15, -0.1) is 0 Å². The van der Waals surface area contributed by atoms with Gasteiger partial charge in [-0.1, -0.05) is 0 Å². The van der Waals surface area contributed by atoms with E-state index in [-0.39, 0.29) is 17.9 Å². The molecule has 0 bridgehead atoms. The lowest BCUT2D eigenvalue weighted by Crippen LogP contribution is -2.09. The molecule has 0 unspecified atom stereocenters. The van der Waals surface area contributed by atoms with E-state index in [9.17, 15) is 14.9 Å². The van der Waals surface area contributed by atoms with E-state index in [0.29, 0.717) is 16.8 Å². The van der Waals surface area contributed by atoms with Gasteiger partial charge in [0.15, 0.2) is 0 Å². The van der Waals surface area contributed by atoms with Crippen LogP contribution in [0.1, 0.15) is 10.4 Å². The third-order valence-electron chi connectivity index (χ3n) is 2.20. The number of carbonyl (C=O) groups excluding carboxylic acids is 1. The van der Waals surface area contributed by atoms with Crippen molar-refractivity contribution in [1.82, 2.24) is 0 Å². The summed E-state index contributed by atoms with van der Waals surface area (Å²) in [7, 11) is 2.67. The highest BCUT2D eigenvalue weighted by atomic mass is 79.9. The Labute approximate surface area is 117 Å². The van der Waals surface area contributed by atoms with Gasteiger partial charge >= 0.3 is 5.97 Å². The van der Waals surface area contributed by atoms with Crippen molar-refractivity contribution in [2.24, 2.45) is 0 Å². The van der Waals surface area contributed by atoms with Gasteiger partial charge in [0.05, 0.1) is 23.1 Å². The Hall–Kier alpha value is -1.67. The fourth-order valence-corrected chi connectivity index (χ4v) is 1.76. The van der Waals surface area contributed by atoms with Crippen LogP contribution >= 0.6 is 15.9 Å². The Morgan fingerprint density at radius 2 is 2.05 bits per heavy atom. The van der Waals surface area contributed by atoms with Crippen LogP contribution in [-0.4, -0.2) is 38.3 Å². The summed E-state index contributed by atoms with van der Waals surface area (Å²) >= 11 is 3.15. The molecule has 1 aromatic rings. The van der Waals surface area contributed by atoms with Crippen LogP contribution in [0.25, 0.3) is 0 Å². The highest BCUT2D eigenvalue weighted by Gasteiger charge is 2.24. The summed E-state index contributed by atoms with van der Waals surface area (Å²) in [4.78, 5) is 21.7. The predicted octanol–water partition coefficient (Wildman–Crippen LogP) is 2.17. The standard InChI is InChI=1S/C11H12BrNO6/c1-17-3-4-19-10-5-7(11(14)18-2)9(13(15)16)6-8(10)12/h5-6H,3-4H2,1-2H3. The minimum absolute atomic E-state index is 0.164. The fraction of sp³-hybridized carbons (Fsp3) is 0.364. The van der Waals surface area contributed by atoms with Gasteiger partial charge in [-0.25, -0.2) is 4.79 Å². The molecular formula is C11H12BrNO6. The number of halogens is 1. The number of nitro benzene ring substituents is 1. The molecule has 8 heteroatoms. The number of methoxy groups -OCH3 is 2. The number of hydrogen-bond donors (Lipinski definition) is 0. The minimum Gasteiger partial charge on any atom is -0.490 e. The van der Waals surface area contributed by atoms with Crippen LogP contribution in [0.2, 0.25) is 0 Å². The summed E-state index contributed by atoms with van der Waals surface area (Å²) in [5, 5.41) is 10.9. The van der Waals surface area contributed by atoms with E-state index in [4.69, 9.17) is 9.47 Å². The van der Waals surface area contributed by atoms with Crippen molar-refractivity contribution in [3.05, 3.63) is 32.3 Å². The Bertz CT molecular complexity index is 490. The predicted molar refractivity (Wildman–Crippen MR) is 69.5 cm³/mol. The monoisotopic (exact) mass is 333 g/mol. The third-order valence-corrected chi connectivity index (χ3v) is 2.82. The maximum absolute atomic E-state index is 11.5. The number of ether oxygens (including phenoxy) is 3. The molecule has 0 heterocycles. The van der Waals surface area contributed by atoms with Crippen LogP contribution in [0.3, 0.4) is 0 Å². The Kier molecular flexibility index (Phi) is 5.71. The smallest absolute Gasteiger partial charge is 0.345 e. The minimum atomic E-state index is -0.796. The third kappa shape index (κ3) is 3.90. The molecule has 0 atom stereocenters. The van der Waals surface area contributed by atoms with Crippen LogP contribution in [0, 0.1) is 10.1 Å². The van der Waals surface area contributed by atoms with Crippen molar-refractivity contribution in [3.63, 3.8) is 0 Å². The molecule has 0 N–H and O–H groups in total. The Morgan fingerprint density at radius 1 is 1.37 bits per heavy atom. The molecule has 0 saturated carbocycles. The van der Waals surface area contributed by atoms with Gasteiger partial charge in [0.1, 0.15) is 17.9 Å². The average molecular weight is 334 g/mol. The van der Waals surface area contributed by atoms with Gasteiger partial charge in [-0.05, 0) is 15.9 Å². The summed E-state index contributed by atoms with van der Waals surface area (Å²) in [5.74, 6) is -0.487. The van der Waals surface area contributed by atoms with E-state index in [1.807, 2.05) is 0 Å². The molecule has 0 spiro atoms. The van der Waals surface area contributed by atoms with Crippen molar-refractivity contribution in [1.29, 1.82) is 0 Å². The SMILES string of the molecule is COCCOc1cc(C(=O)OC)c([N+](=O)[O-])cc1Br. The lowest BCUT2D eigenvalue weighted by atomic mass is 10.1. The van der Waals surface area contributed by atoms with Crippen LogP contribution in [0.5, 0.6) is 5.75 Å². The maximum Gasteiger partial charge on any atom is 0.345 e. The summed E-state index contributed by atoms with van der Waals surface area (Å²) in [6.45, 7) is 0.616. The van der Waals surface area contributed by atoms with E-state index in [1.54, 1.807) is 0 Å². The van der Waals surface area contributed by atoms with Crippen LogP contribution in [0.15, 0.2) is 16.6 Å².